The third-order valence-electron chi connectivity index (χ3n) is 3.03. The van der Waals surface area contributed by atoms with Crippen LogP contribution in [0.1, 0.15) is 0 Å². The predicted octanol–water partition coefficient (Wildman–Crippen LogP) is 5.39. The fourth-order valence-corrected chi connectivity index (χ4v) is 3.27. The number of hydrogen-bond acceptors (Lipinski definition) is 3. The van der Waals surface area contributed by atoms with E-state index in [-0.39, 0.29) is 5.82 Å². The van der Waals surface area contributed by atoms with E-state index in [1.165, 1.54) is 24.5 Å². The number of hydrogen-bond donors (Lipinski definition) is 0. The maximum atomic E-state index is 14.1. The van der Waals surface area contributed by atoms with Crippen molar-refractivity contribution in [2.75, 3.05) is 7.11 Å². The van der Waals surface area contributed by atoms with Crippen LogP contribution in [0, 0.1) is 5.82 Å². The summed E-state index contributed by atoms with van der Waals surface area (Å²) in [6.07, 6.45) is 0. The lowest BCUT2D eigenvalue weighted by atomic mass is 10.1. The van der Waals surface area contributed by atoms with Gasteiger partial charge in [0.05, 0.1) is 18.4 Å². The van der Waals surface area contributed by atoms with E-state index in [2.05, 4.69) is 20.9 Å². The maximum absolute atomic E-state index is 14.1. The topological polar surface area (TPSA) is 22.1 Å². The standard InChI is InChI=1S/C16H11BrFNOS/c1-20-14-7-3-6-12(18)15(14)13-9-21-16(19-13)10-4-2-5-11(17)8-10/h2-9H,1H3. The van der Waals surface area contributed by atoms with Crippen molar-refractivity contribution >= 4 is 27.3 Å². The van der Waals surface area contributed by atoms with Gasteiger partial charge in [0, 0.05) is 15.4 Å². The summed E-state index contributed by atoms with van der Waals surface area (Å²) >= 11 is 4.92. The van der Waals surface area contributed by atoms with Gasteiger partial charge >= 0.3 is 0 Å². The molecule has 0 unspecified atom stereocenters. The average Bonchev–Trinajstić information content (AvgIpc) is 2.96. The highest BCUT2D eigenvalue weighted by Gasteiger charge is 2.15. The molecule has 21 heavy (non-hydrogen) atoms. The molecule has 3 rings (SSSR count). The van der Waals surface area contributed by atoms with Crippen LogP contribution in [0.4, 0.5) is 4.39 Å². The van der Waals surface area contributed by atoms with Gasteiger partial charge in [-0.1, -0.05) is 34.1 Å². The summed E-state index contributed by atoms with van der Waals surface area (Å²) in [7, 11) is 1.53. The molecule has 106 valence electrons. The minimum atomic E-state index is -0.333. The van der Waals surface area contributed by atoms with Gasteiger partial charge in [0.25, 0.3) is 0 Å². The van der Waals surface area contributed by atoms with Gasteiger partial charge in [-0.15, -0.1) is 11.3 Å². The molecule has 1 aromatic heterocycles. The van der Waals surface area contributed by atoms with Crippen LogP contribution in [-0.4, -0.2) is 12.1 Å². The van der Waals surface area contributed by atoms with Crippen molar-refractivity contribution in [1.82, 2.24) is 4.98 Å². The van der Waals surface area contributed by atoms with Gasteiger partial charge in [0.2, 0.25) is 0 Å². The first-order chi connectivity index (χ1) is 10.2. The fraction of sp³-hybridized carbons (Fsp3) is 0.0625. The molecular formula is C16H11BrFNOS. The number of methoxy groups -OCH3 is 1. The predicted molar refractivity (Wildman–Crippen MR) is 87.2 cm³/mol. The summed E-state index contributed by atoms with van der Waals surface area (Å²) < 4.78 is 20.3. The molecule has 0 N–H and O–H groups in total. The molecule has 0 amide bonds. The lowest BCUT2D eigenvalue weighted by Gasteiger charge is -2.06. The van der Waals surface area contributed by atoms with E-state index in [1.54, 1.807) is 12.1 Å². The summed E-state index contributed by atoms with van der Waals surface area (Å²) in [5.74, 6) is 0.154. The fourth-order valence-electron chi connectivity index (χ4n) is 2.07. The van der Waals surface area contributed by atoms with Gasteiger partial charge in [-0.2, -0.15) is 0 Å². The van der Waals surface area contributed by atoms with E-state index in [0.717, 1.165) is 15.0 Å². The largest absolute Gasteiger partial charge is 0.496 e. The molecule has 0 atom stereocenters. The minimum absolute atomic E-state index is 0.333. The zero-order chi connectivity index (χ0) is 14.8. The van der Waals surface area contributed by atoms with Crippen LogP contribution in [0.3, 0.4) is 0 Å². The number of benzene rings is 2. The third-order valence-corrected chi connectivity index (χ3v) is 4.41. The highest BCUT2D eigenvalue weighted by Crippen LogP contribution is 2.36. The number of rotatable bonds is 3. The second kappa shape index (κ2) is 5.95. The number of halogens is 2. The molecule has 0 saturated carbocycles. The Labute approximate surface area is 134 Å². The summed E-state index contributed by atoms with van der Waals surface area (Å²) in [6.45, 7) is 0. The Morgan fingerprint density at radius 3 is 2.76 bits per heavy atom. The van der Waals surface area contributed by atoms with Crippen LogP contribution in [0.25, 0.3) is 21.8 Å². The molecule has 0 aliphatic heterocycles. The van der Waals surface area contributed by atoms with Crippen LogP contribution >= 0.6 is 27.3 Å². The maximum Gasteiger partial charge on any atom is 0.136 e. The Bertz CT molecular complexity index is 787. The first kappa shape index (κ1) is 14.2. The molecule has 5 heteroatoms. The Balaban J connectivity index is 2.07. The molecule has 0 saturated heterocycles. The molecule has 0 aliphatic carbocycles. The molecule has 3 aromatic rings. The Hall–Kier alpha value is -1.72. The summed E-state index contributed by atoms with van der Waals surface area (Å²) in [5, 5.41) is 2.69. The van der Waals surface area contributed by atoms with E-state index in [0.29, 0.717) is 17.0 Å². The zero-order valence-corrected chi connectivity index (χ0v) is 13.5. The second-order valence-electron chi connectivity index (χ2n) is 4.37. The summed E-state index contributed by atoms with van der Waals surface area (Å²) in [5.41, 5.74) is 1.98. The number of nitrogens with zero attached hydrogens (tertiary/aromatic N) is 1. The smallest absolute Gasteiger partial charge is 0.136 e. The SMILES string of the molecule is COc1cccc(F)c1-c1csc(-c2cccc(Br)c2)n1. The zero-order valence-electron chi connectivity index (χ0n) is 11.1. The third kappa shape index (κ3) is 2.84. The molecule has 2 nitrogen and oxygen atoms in total. The van der Waals surface area contributed by atoms with E-state index in [4.69, 9.17) is 4.74 Å². The van der Waals surface area contributed by atoms with E-state index in [9.17, 15) is 4.39 Å². The quantitative estimate of drug-likeness (QED) is 0.622. The Morgan fingerprint density at radius 2 is 2.00 bits per heavy atom. The van der Waals surface area contributed by atoms with Crippen LogP contribution < -0.4 is 4.74 Å². The van der Waals surface area contributed by atoms with Crippen molar-refractivity contribution in [2.45, 2.75) is 0 Å². The molecule has 1 heterocycles. The van der Waals surface area contributed by atoms with Crippen molar-refractivity contribution in [3.8, 4) is 27.6 Å². The van der Waals surface area contributed by atoms with Crippen LogP contribution in [-0.2, 0) is 0 Å². The van der Waals surface area contributed by atoms with Gasteiger partial charge in [0.1, 0.15) is 16.6 Å². The Morgan fingerprint density at radius 1 is 1.19 bits per heavy atom. The normalized spacial score (nSPS) is 10.6. The monoisotopic (exact) mass is 363 g/mol. The number of ether oxygens (including phenoxy) is 1. The summed E-state index contributed by atoms with van der Waals surface area (Å²) in [6, 6.07) is 12.6. The van der Waals surface area contributed by atoms with E-state index < -0.39 is 0 Å². The molecule has 0 spiro atoms. The average molecular weight is 364 g/mol. The van der Waals surface area contributed by atoms with Crippen molar-refractivity contribution in [1.29, 1.82) is 0 Å². The first-order valence-electron chi connectivity index (χ1n) is 6.23. The molecule has 0 fully saturated rings. The molecule has 0 bridgehead atoms. The van der Waals surface area contributed by atoms with Crippen LogP contribution in [0.15, 0.2) is 52.3 Å². The lowest BCUT2D eigenvalue weighted by molar-refractivity contribution is 0.413. The van der Waals surface area contributed by atoms with Crippen molar-refractivity contribution in [2.24, 2.45) is 0 Å². The minimum Gasteiger partial charge on any atom is -0.496 e. The van der Waals surface area contributed by atoms with Gasteiger partial charge in [-0.3, -0.25) is 0 Å². The van der Waals surface area contributed by atoms with Gasteiger partial charge in [0.15, 0.2) is 0 Å². The van der Waals surface area contributed by atoms with Gasteiger partial charge in [-0.25, -0.2) is 9.37 Å². The molecular weight excluding hydrogens is 353 g/mol. The van der Waals surface area contributed by atoms with Crippen molar-refractivity contribution < 1.29 is 9.13 Å². The second-order valence-corrected chi connectivity index (χ2v) is 6.14. The van der Waals surface area contributed by atoms with E-state index >= 15 is 0 Å². The van der Waals surface area contributed by atoms with Crippen molar-refractivity contribution in [3.05, 3.63) is 58.1 Å². The van der Waals surface area contributed by atoms with E-state index in [1.807, 2.05) is 29.6 Å². The highest BCUT2D eigenvalue weighted by molar-refractivity contribution is 9.10. The van der Waals surface area contributed by atoms with Gasteiger partial charge < -0.3 is 4.74 Å². The Kier molecular flexibility index (Phi) is 4.03. The number of thiazole rings is 1. The molecule has 0 radical (unpaired) electrons. The first-order valence-corrected chi connectivity index (χ1v) is 7.90. The molecule has 2 aromatic carbocycles. The molecule has 0 aliphatic rings. The lowest BCUT2D eigenvalue weighted by Crippen LogP contribution is -1.91. The highest BCUT2D eigenvalue weighted by atomic mass is 79.9. The van der Waals surface area contributed by atoms with Gasteiger partial charge in [-0.05, 0) is 24.3 Å². The number of aromatic nitrogens is 1. The van der Waals surface area contributed by atoms with Crippen LogP contribution in [0.2, 0.25) is 0 Å². The summed E-state index contributed by atoms with van der Waals surface area (Å²) in [4.78, 5) is 4.54. The van der Waals surface area contributed by atoms with Crippen LogP contribution in [0.5, 0.6) is 5.75 Å². The van der Waals surface area contributed by atoms with Crippen molar-refractivity contribution in [3.63, 3.8) is 0 Å².